The number of nitrogens with two attached hydrogens (primary N) is 1. The van der Waals surface area contributed by atoms with E-state index in [-0.39, 0.29) is 0 Å². The van der Waals surface area contributed by atoms with Crippen LogP contribution in [-0.2, 0) is 13.0 Å². The van der Waals surface area contributed by atoms with Gasteiger partial charge < -0.3 is 10.8 Å². The van der Waals surface area contributed by atoms with Gasteiger partial charge in [0.2, 0.25) is 0 Å². The van der Waals surface area contributed by atoms with Crippen LogP contribution in [0.5, 0.6) is 0 Å². The summed E-state index contributed by atoms with van der Waals surface area (Å²) in [5.41, 5.74) is 7.98. The van der Waals surface area contributed by atoms with Gasteiger partial charge in [-0.05, 0) is 24.5 Å². The summed E-state index contributed by atoms with van der Waals surface area (Å²) in [6, 6.07) is 0. The van der Waals surface area contributed by atoms with E-state index in [0.29, 0.717) is 24.2 Å². The number of carbonyl (C=O) groups is 1. The van der Waals surface area contributed by atoms with Gasteiger partial charge in [-0.2, -0.15) is 0 Å². The molecule has 0 saturated heterocycles. The molecule has 0 bridgehead atoms. The van der Waals surface area contributed by atoms with E-state index in [4.69, 9.17) is 10.8 Å². The number of hydrogen-bond donors (Lipinski definition) is 2. The highest BCUT2D eigenvalue weighted by atomic mass is 16.4. The number of hydrogen-bond acceptors (Lipinski definition) is 3. The summed E-state index contributed by atoms with van der Waals surface area (Å²) in [6.45, 7) is 3.94. The molecule has 0 unspecified atom stereocenters. The number of aryl methyl sites for hydroxylation is 1. The van der Waals surface area contributed by atoms with Crippen LogP contribution in [0.1, 0.15) is 34.1 Å². The van der Waals surface area contributed by atoms with Gasteiger partial charge in [0.15, 0.2) is 0 Å². The van der Waals surface area contributed by atoms with Gasteiger partial charge in [-0.25, -0.2) is 4.79 Å². The van der Waals surface area contributed by atoms with E-state index >= 15 is 0 Å². The normalized spacial score (nSPS) is 10.2. The van der Waals surface area contributed by atoms with Crippen LogP contribution < -0.4 is 5.73 Å². The van der Waals surface area contributed by atoms with Crippen molar-refractivity contribution in [1.29, 1.82) is 0 Å². The molecule has 3 N–H and O–H groups in total. The van der Waals surface area contributed by atoms with Gasteiger partial charge in [-0.3, -0.25) is 4.98 Å². The van der Waals surface area contributed by atoms with E-state index < -0.39 is 5.97 Å². The van der Waals surface area contributed by atoms with Crippen molar-refractivity contribution in [2.45, 2.75) is 26.8 Å². The van der Waals surface area contributed by atoms with E-state index in [0.717, 1.165) is 11.1 Å². The van der Waals surface area contributed by atoms with Crippen molar-refractivity contribution in [2.75, 3.05) is 0 Å². The minimum Gasteiger partial charge on any atom is -0.478 e. The molecule has 0 aliphatic carbocycles. The molecule has 0 atom stereocenters. The first-order valence-electron chi connectivity index (χ1n) is 4.52. The van der Waals surface area contributed by atoms with Gasteiger partial charge in [0, 0.05) is 12.7 Å². The zero-order valence-corrected chi connectivity index (χ0v) is 8.37. The lowest BCUT2D eigenvalue weighted by Gasteiger charge is -2.10. The number of nitrogens with zero attached hydrogens (tertiary/aromatic N) is 1. The van der Waals surface area contributed by atoms with Crippen LogP contribution in [0.2, 0.25) is 0 Å². The molecule has 0 aliphatic heterocycles. The monoisotopic (exact) mass is 194 g/mol. The second-order valence-corrected chi connectivity index (χ2v) is 3.09. The molecular formula is C10H14N2O2. The molecule has 4 nitrogen and oxygen atoms in total. The predicted octanol–water partition coefficient (Wildman–Crippen LogP) is 1.11. The molecular weight excluding hydrogens is 180 g/mol. The Kier molecular flexibility index (Phi) is 3.19. The molecule has 14 heavy (non-hydrogen) atoms. The number of aromatic nitrogens is 1. The molecule has 0 aromatic carbocycles. The molecule has 4 heteroatoms. The van der Waals surface area contributed by atoms with Crippen LogP contribution in [0.4, 0.5) is 0 Å². The van der Waals surface area contributed by atoms with Crippen LogP contribution in [-0.4, -0.2) is 16.1 Å². The number of pyridine rings is 1. The van der Waals surface area contributed by atoms with Crippen molar-refractivity contribution in [3.63, 3.8) is 0 Å². The summed E-state index contributed by atoms with van der Waals surface area (Å²) in [7, 11) is 0. The molecule has 0 fully saturated rings. The second-order valence-electron chi connectivity index (χ2n) is 3.09. The van der Waals surface area contributed by atoms with Crippen molar-refractivity contribution >= 4 is 5.97 Å². The predicted molar refractivity (Wildman–Crippen MR) is 53.2 cm³/mol. The van der Waals surface area contributed by atoms with Crippen LogP contribution in [0, 0.1) is 6.92 Å². The summed E-state index contributed by atoms with van der Waals surface area (Å²) in [4.78, 5) is 15.0. The van der Waals surface area contributed by atoms with Gasteiger partial charge in [-0.15, -0.1) is 0 Å². The third-order valence-corrected chi connectivity index (χ3v) is 2.25. The third kappa shape index (κ3) is 1.75. The Morgan fingerprint density at radius 2 is 2.29 bits per heavy atom. The lowest BCUT2D eigenvalue weighted by Crippen LogP contribution is -2.12. The van der Waals surface area contributed by atoms with Gasteiger partial charge in [-0.1, -0.05) is 6.92 Å². The van der Waals surface area contributed by atoms with Crippen molar-refractivity contribution < 1.29 is 9.90 Å². The van der Waals surface area contributed by atoms with E-state index in [1.807, 2.05) is 6.92 Å². The van der Waals surface area contributed by atoms with Gasteiger partial charge in [0.1, 0.15) is 0 Å². The summed E-state index contributed by atoms with van der Waals surface area (Å²) in [5, 5.41) is 9.02. The molecule has 76 valence electrons. The number of rotatable bonds is 3. The lowest BCUT2D eigenvalue weighted by molar-refractivity contribution is 0.0694. The third-order valence-electron chi connectivity index (χ3n) is 2.25. The Bertz CT molecular complexity index is 361. The number of carboxylic acids is 1. The summed E-state index contributed by atoms with van der Waals surface area (Å²) in [5.74, 6) is -0.929. The standard InChI is InChI=1S/C10H14N2O2/c1-3-8-7(4-11)5-12-6(2)9(8)10(13)14/h5H,3-4,11H2,1-2H3,(H,13,14). The highest BCUT2D eigenvalue weighted by molar-refractivity contribution is 5.90. The average molecular weight is 194 g/mol. The quantitative estimate of drug-likeness (QED) is 0.755. The smallest absolute Gasteiger partial charge is 0.337 e. The molecule has 1 rings (SSSR count). The fraction of sp³-hybridized carbons (Fsp3) is 0.400. The molecule has 0 radical (unpaired) electrons. The highest BCUT2D eigenvalue weighted by Crippen LogP contribution is 2.17. The molecule has 0 aliphatic rings. The van der Waals surface area contributed by atoms with E-state index in [2.05, 4.69) is 4.98 Å². The van der Waals surface area contributed by atoms with Crippen LogP contribution >= 0.6 is 0 Å². The van der Waals surface area contributed by atoms with Crippen molar-refractivity contribution in [2.24, 2.45) is 5.73 Å². The second kappa shape index (κ2) is 4.19. The highest BCUT2D eigenvalue weighted by Gasteiger charge is 2.15. The topological polar surface area (TPSA) is 76.2 Å². The fourth-order valence-corrected chi connectivity index (χ4v) is 1.56. The molecule has 1 aromatic heterocycles. The Morgan fingerprint density at radius 1 is 1.64 bits per heavy atom. The Morgan fingerprint density at radius 3 is 2.71 bits per heavy atom. The maximum Gasteiger partial charge on any atom is 0.337 e. The largest absolute Gasteiger partial charge is 0.478 e. The molecule has 1 aromatic rings. The first-order chi connectivity index (χ1) is 6.61. The Labute approximate surface area is 82.8 Å². The van der Waals surface area contributed by atoms with Crippen molar-refractivity contribution in [3.05, 3.63) is 28.6 Å². The van der Waals surface area contributed by atoms with Gasteiger partial charge >= 0.3 is 5.97 Å². The minimum atomic E-state index is -0.929. The summed E-state index contributed by atoms with van der Waals surface area (Å²) < 4.78 is 0. The van der Waals surface area contributed by atoms with E-state index in [1.165, 1.54) is 0 Å². The number of aromatic carboxylic acids is 1. The first kappa shape index (κ1) is 10.7. The molecule has 0 amide bonds. The van der Waals surface area contributed by atoms with Crippen LogP contribution in [0.15, 0.2) is 6.20 Å². The van der Waals surface area contributed by atoms with Crippen molar-refractivity contribution in [1.82, 2.24) is 4.98 Å². The minimum absolute atomic E-state index is 0.301. The maximum absolute atomic E-state index is 11.0. The molecule has 0 saturated carbocycles. The molecule has 0 spiro atoms. The Hall–Kier alpha value is -1.42. The van der Waals surface area contributed by atoms with Gasteiger partial charge in [0.05, 0.1) is 11.3 Å². The van der Waals surface area contributed by atoms with Crippen LogP contribution in [0.3, 0.4) is 0 Å². The summed E-state index contributed by atoms with van der Waals surface area (Å²) in [6.07, 6.45) is 2.32. The van der Waals surface area contributed by atoms with E-state index in [1.54, 1.807) is 13.1 Å². The zero-order chi connectivity index (χ0) is 10.7. The van der Waals surface area contributed by atoms with E-state index in [9.17, 15) is 4.79 Å². The van der Waals surface area contributed by atoms with Gasteiger partial charge in [0.25, 0.3) is 0 Å². The first-order valence-corrected chi connectivity index (χ1v) is 4.52. The SMILES string of the molecule is CCc1c(CN)cnc(C)c1C(=O)O. The number of carboxylic acid groups (broad SMARTS) is 1. The summed E-state index contributed by atoms with van der Waals surface area (Å²) >= 11 is 0. The van der Waals surface area contributed by atoms with Crippen LogP contribution in [0.25, 0.3) is 0 Å². The van der Waals surface area contributed by atoms with Crippen molar-refractivity contribution in [3.8, 4) is 0 Å². The fourth-order valence-electron chi connectivity index (χ4n) is 1.56. The average Bonchev–Trinajstić information content (AvgIpc) is 2.16. The maximum atomic E-state index is 11.0. The zero-order valence-electron chi connectivity index (χ0n) is 8.37. The lowest BCUT2D eigenvalue weighted by atomic mass is 9.99. The Balaban J connectivity index is 3.42. The molecule has 1 heterocycles.